The number of carbonyl (C=O) groups is 1. The summed E-state index contributed by atoms with van der Waals surface area (Å²) < 4.78 is 10.5. The lowest BCUT2D eigenvalue weighted by atomic mass is 10.0. The van der Waals surface area contributed by atoms with Crippen LogP contribution in [-0.4, -0.2) is 39.3 Å². The van der Waals surface area contributed by atoms with Gasteiger partial charge in [0.25, 0.3) is 0 Å². The van der Waals surface area contributed by atoms with E-state index >= 15 is 0 Å². The van der Waals surface area contributed by atoms with E-state index < -0.39 is 0 Å². The molecule has 0 bridgehead atoms. The highest BCUT2D eigenvalue weighted by Gasteiger charge is 2.33. The third kappa shape index (κ3) is 3.32. The van der Waals surface area contributed by atoms with Crippen LogP contribution < -0.4 is 10.6 Å². The van der Waals surface area contributed by atoms with Gasteiger partial charge >= 0.3 is 0 Å². The van der Waals surface area contributed by atoms with Crippen molar-refractivity contribution in [2.75, 3.05) is 32.7 Å². The number of likely N-dealkylation sites (N-methyl/N-ethyl adjacent to an activating group) is 1. The normalized spacial score (nSPS) is 22.4. The van der Waals surface area contributed by atoms with Crippen LogP contribution in [-0.2, 0) is 20.9 Å². The van der Waals surface area contributed by atoms with Crippen molar-refractivity contribution in [1.29, 1.82) is 0 Å². The summed E-state index contributed by atoms with van der Waals surface area (Å²) in [5, 5.41) is 6.07. The number of nitrogens with one attached hydrogen (secondary N) is 2. The van der Waals surface area contributed by atoms with E-state index in [1.807, 2.05) is 31.3 Å². The zero-order valence-corrected chi connectivity index (χ0v) is 11.3. The van der Waals surface area contributed by atoms with Crippen molar-refractivity contribution in [3.8, 4) is 0 Å². The van der Waals surface area contributed by atoms with Crippen LogP contribution in [0.4, 0.5) is 5.69 Å². The van der Waals surface area contributed by atoms with Gasteiger partial charge in [0.05, 0.1) is 25.7 Å². The highest BCUT2D eigenvalue weighted by Crippen LogP contribution is 2.20. The van der Waals surface area contributed by atoms with Gasteiger partial charge in [-0.1, -0.05) is 18.2 Å². The molecule has 2 N–H and O–H groups in total. The van der Waals surface area contributed by atoms with Crippen molar-refractivity contribution in [3.63, 3.8) is 0 Å². The molecule has 5 nitrogen and oxygen atoms in total. The summed E-state index contributed by atoms with van der Waals surface area (Å²) in [6.07, 6.45) is 0. The average Bonchev–Trinajstić information content (AvgIpc) is 2.89. The van der Waals surface area contributed by atoms with Crippen LogP contribution in [0.5, 0.6) is 0 Å². The summed E-state index contributed by atoms with van der Waals surface area (Å²) in [6.45, 7) is 1.52. The van der Waals surface area contributed by atoms with Gasteiger partial charge in [0, 0.05) is 24.4 Å². The van der Waals surface area contributed by atoms with Gasteiger partial charge in [0.15, 0.2) is 0 Å². The summed E-state index contributed by atoms with van der Waals surface area (Å²) in [6, 6.07) is 7.74. The molecule has 1 aromatic carbocycles. The Morgan fingerprint density at radius 2 is 2.21 bits per heavy atom. The molecule has 1 aromatic rings. The van der Waals surface area contributed by atoms with E-state index in [0.29, 0.717) is 19.8 Å². The van der Waals surface area contributed by atoms with Crippen LogP contribution in [0.2, 0.25) is 0 Å². The molecule has 1 fully saturated rings. The van der Waals surface area contributed by atoms with E-state index in [0.717, 1.165) is 11.3 Å². The number of methoxy groups -OCH3 is 1. The van der Waals surface area contributed by atoms with Gasteiger partial charge in [-0.3, -0.25) is 4.79 Å². The largest absolute Gasteiger partial charge is 0.380 e. The van der Waals surface area contributed by atoms with Crippen LogP contribution in [0.3, 0.4) is 0 Å². The van der Waals surface area contributed by atoms with Crippen molar-refractivity contribution in [3.05, 3.63) is 29.8 Å². The quantitative estimate of drug-likeness (QED) is 0.833. The molecule has 2 unspecified atom stereocenters. The molecule has 1 saturated heterocycles. The molecular formula is C14H20N2O3. The lowest BCUT2D eigenvalue weighted by Crippen LogP contribution is -2.39. The molecule has 1 amide bonds. The van der Waals surface area contributed by atoms with Crippen molar-refractivity contribution in [2.24, 2.45) is 5.92 Å². The van der Waals surface area contributed by atoms with Gasteiger partial charge < -0.3 is 20.1 Å². The number of rotatable bonds is 5. The maximum absolute atomic E-state index is 12.3. The first-order valence-electron chi connectivity index (χ1n) is 6.39. The summed E-state index contributed by atoms with van der Waals surface area (Å²) in [7, 11) is 3.49. The Morgan fingerprint density at radius 1 is 1.42 bits per heavy atom. The lowest BCUT2D eigenvalue weighted by Gasteiger charge is -2.17. The fraction of sp³-hybridized carbons (Fsp3) is 0.500. The number of para-hydroxylation sites is 1. The first kappa shape index (κ1) is 14.0. The molecule has 2 atom stereocenters. The van der Waals surface area contributed by atoms with Gasteiger partial charge in [-0.15, -0.1) is 0 Å². The fourth-order valence-electron chi connectivity index (χ4n) is 2.25. The first-order chi connectivity index (χ1) is 9.26. The Balaban J connectivity index is 2.06. The van der Waals surface area contributed by atoms with Crippen LogP contribution in [0.25, 0.3) is 0 Å². The topological polar surface area (TPSA) is 59.6 Å². The molecule has 5 heteroatoms. The summed E-state index contributed by atoms with van der Waals surface area (Å²) in [5.41, 5.74) is 1.77. The van der Waals surface area contributed by atoms with Crippen molar-refractivity contribution < 1.29 is 14.3 Å². The van der Waals surface area contributed by atoms with Crippen molar-refractivity contribution in [1.82, 2.24) is 5.32 Å². The third-order valence-corrected chi connectivity index (χ3v) is 3.36. The number of anilines is 1. The van der Waals surface area contributed by atoms with Crippen LogP contribution in [0.1, 0.15) is 5.56 Å². The Bertz CT molecular complexity index is 436. The molecule has 19 heavy (non-hydrogen) atoms. The highest BCUT2D eigenvalue weighted by molar-refractivity contribution is 5.94. The molecule has 0 spiro atoms. The molecule has 1 heterocycles. The van der Waals surface area contributed by atoms with E-state index in [4.69, 9.17) is 9.47 Å². The van der Waals surface area contributed by atoms with Crippen molar-refractivity contribution in [2.45, 2.75) is 12.6 Å². The minimum Gasteiger partial charge on any atom is -0.380 e. The summed E-state index contributed by atoms with van der Waals surface area (Å²) >= 11 is 0. The van der Waals surface area contributed by atoms with Gasteiger partial charge in [-0.05, 0) is 13.1 Å². The van der Waals surface area contributed by atoms with Crippen LogP contribution in [0.15, 0.2) is 24.3 Å². The van der Waals surface area contributed by atoms with Gasteiger partial charge in [-0.25, -0.2) is 0 Å². The van der Waals surface area contributed by atoms with Gasteiger partial charge in [0.2, 0.25) is 5.91 Å². The Hall–Kier alpha value is -1.43. The molecule has 0 saturated carbocycles. The Morgan fingerprint density at radius 3 is 2.95 bits per heavy atom. The first-order valence-corrected chi connectivity index (χ1v) is 6.39. The highest BCUT2D eigenvalue weighted by atomic mass is 16.5. The minimum atomic E-state index is -0.152. The third-order valence-electron chi connectivity index (χ3n) is 3.36. The Labute approximate surface area is 113 Å². The lowest BCUT2D eigenvalue weighted by molar-refractivity contribution is -0.120. The predicted octanol–water partition coefficient (Wildman–Crippen LogP) is 1.01. The second kappa shape index (κ2) is 6.65. The number of hydrogen-bond donors (Lipinski definition) is 2. The van der Waals surface area contributed by atoms with Crippen LogP contribution in [0, 0.1) is 5.92 Å². The number of carbonyl (C=O) groups excluding carboxylic acids is 1. The maximum Gasteiger partial charge on any atom is 0.231 e. The predicted molar refractivity (Wildman–Crippen MR) is 72.9 cm³/mol. The number of hydrogen-bond acceptors (Lipinski definition) is 4. The van der Waals surface area contributed by atoms with E-state index in [9.17, 15) is 4.79 Å². The second-order valence-corrected chi connectivity index (χ2v) is 4.62. The monoisotopic (exact) mass is 264 g/mol. The Kier molecular flexibility index (Phi) is 4.90. The smallest absolute Gasteiger partial charge is 0.231 e. The molecular weight excluding hydrogens is 244 g/mol. The molecule has 0 aliphatic carbocycles. The summed E-state index contributed by atoms with van der Waals surface area (Å²) in [5.74, 6) is -0.166. The summed E-state index contributed by atoms with van der Waals surface area (Å²) in [4.78, 5) is 12.3. The molecule has 2 rings (SSSR count). The molecule has 104 valence electrons. The molecule has 1 aliphatic rings. The maximum atomic E-state index is 12.3. The fourth-order valence-corrected chi connectivity index (χ4v) is 2.25. The number of amides is 1. The molecule has 0 radical (unpaired) electrons. The van der Waals surface area contributed by atoms with Gasteiger partial charge in [-0.2, -0.15) is 0 Å². The van der Waals surface area contributed by atoms with Crippen LogP contribution >= 0.6 is 0 Å². The van der Waals surface area contributed by atoms with E-state index in [2.05, 4.69) is 10.6 Å². The van der Waals surface area contributed by atoms with E-state index in [1.54, 1.807) is 7.11 Å². The molecule has 0 aromatic heterocycles. The number of benzene rings is 1. The van der Waals surface area contributed by atoms with Gasteiger partial charge in [0.1, 0.15) is 0 Å². The number of ether oxygens (including phenoxy) is 2. The van der Waals surface area contributed by atoms with Crippen molar-refractivity contribution >= 4 is 11.6 Å². The van der Waals surface area contributed by atoms with E-state index in [-0.39, 0.29) is 17.9 Å². The van der Waals surface area contributed by atoms with E-state index in [1.165, 1.54) is 0 Å². The average molecular weight is 264 g/mol. The zero-order valence-electron chi connectivity index (χ0n) is 11.3. The standard InChI is InChI=1S/C14H20N2O3/c1-15-13-9-19-8-11(13)14(17)16-12-6-4-3-5-10(12)7-18-2/h3-6,11,13,15H,7-9H2,1-2H3,(H,16,17). The zero-order chi connectivity index (χ0) is 13.7. The minimum absolute atomic E-state index is 0.0135. The molecule has 1 aliphatic heterocycles. The second-order valence-electron chi connectivity index (χ2n) is 4.62. The SMILES string of the molecule is CNC1COCC1C(=O)Nc1ccccc1COC.